The van der Waals surface area contributed by atoms with Crippen molar-refractivity contribution in [3.8, 4) is 5.75 Å². The highest BCUT2D eigenvalue weighted by Gasteiger charge is 2.19. The highest BCUT2D eigenvalue weighted by atomic mass is 16.5. The maximum absolute atomic E-state index is 5.25. The molecule has 0 aliphatic carbocycles. The second-order valence-electron chi connectivity index (χ2n) is 8.52. The first-order chi connectivity index (χ1) is 11.1. The van der Waals surface area contributed by atoms with Crippen LogP contribution in [0.5, 0.6) is 5.75 Å². The van der Waals surface area contributed by atoms with Crippen LogP contribution in [0.15, 0.2) is 42.5 Å². The van der Waals surface area contributed by atoms with Crippen LogP contribution in [0.1, 0.15) is 58.2 Å². The molecule has 0 saturated heterocycles. The first-order valence-electron chi connectivity index (χ1n) is 8.73. The van der Waals surface area contributed by atoms with Gasteiger partial charge in [-0.3, -0.25) is 12.7 Å². The first kappa shape index (κ1) is 18.6. The molecule has 0 heterocycles. The molecule has 0 bridgehead atoms. The maximum atomic E-state index is 5.25. The lowest BCUT2D eigenvalue weighted by atomic mass is 9.57. The minimum Gasteiger partial charge on any atom is -0.497 e. The van der Waals surface area contributed by atoms with E-state index in [-0.39, 0.29) is 10.8 Å². The van der Waals surface area contributed by atoms with Gasteiger partial charge in [-0.1, -0.05) is 88.6 Å². The highest BCUT2D eigenvalue weighted by molar-refractivity contribution is 6.54. The molecule has 0 saturated carbocycles. The van der Waals surface area contributed by atoms with Gasteiger partial charge in [-0.2, -0.15) is 0 Å². The van der Waals surface area contributed by atoms with E-state index < -0.39 is 0 Å². The minimum absolute atomic E-state index is 0.132. The maximum Gasteiger partial charge on any atom is 0.118 e. The standard InChI is InChI=1S/C22H30BO/c1-21(2,3)18-9-8-10-19(22(4,5)6)20(18)23-15-16-11-13-17(24-7)14-12-16/h8-14H,15H2,1-7H3/q-1. The molecule has 0 unspecified atom stereocenters. The summed E-state index contributed by atoms with van der Waals surface area (Å²) in [5.74, 6) is 0.907. The third kappa shape index (κ3) is 4.44. The van der Waals surface area contributed by atoms with Gasteiger partial charge in [0.25, 0.3) is 0 Å². The van der Waals surface area contributed by atoms with Crippen molar-refractivity contribution in [2.75, 3.05) is 7.11 Å². The Morgan fingerprint density at radius 1 is 0.792 bits per heavy atom. The molecule has 0 aliphatic heterocycles. The van der Waals surface area contributed by atoms with Gasteiger partial charge in [0.1, 0.15) is 5.75 Å². The number of hydrogen-bond donors (Lipinski definition) is 0. The van der Waals surface area contributed by atoms with Gasteiger partial charge >= 0.3 is 0 Å². The normalized spacial score (nSPS) is 12.3. The molecule has 0 atom stereocenters. The Balaban J connectivity index is 2.36. The quantitative estimate of drug-likeness (QED) is 0.734. The molecule has 2 radical (unpaired) electrons. The smallest absolute Gasteiger partial charge is 0.118 e. The fourth-order valence-corrected chi connectivity index (χ4v) is 3.07. The number of ether oxygens (including phenoxy) is 1. The van der Waals surface area contributed by atoms with E-state index in [9.17, 15) is 0 Å². The van der Waals surface area contributed by atoms with Gasteiger partial charge in [0, 0.05) is 0 Å². The highest BCUT2D eigenvalue weighted by Crippen LogP contribution is 2.27. The lowest BCUT2D eigenvalue weighted by Gasteiger charge is -2.37. The summed E-state index contributed by atoms with van der Waals surface area (Å²) >= 11 is 0. The van der Waals surface area contributed by atoms with E-state index in [2.05, 4.69) is 79.2 Å². The van der Waals surface area contributed by atoms with Gasteiger partial charge in [0.15, 0.2) is 0 Å². The molecule has 2 aromatic rings. The van der Waals surface area contributed by atoms with Crippen LogP contribution in [0, 0.1) is 0 Å². The Morgan fingerprint density at radius 3 is 1.71 bits per heavy atom. The Hall–Kier alpha value is -1.70. The summed E-state index contributed by atoms with van der Waals surface area (Å²) < 4.78 is 5.25. The molecule has 2 aromatic carbocycles. The topological polar surface area (TPSA) is 9.23 Å². The minimum atomic E-state index is 0.132. The van der Waals surface area contributed by atoms with Gasteiger partial charge in [0.2, 0.25) is 0 Å². The van der Waals surface area contributed by atoms with Crippen LogP contribution in [-0.2, 0) is 17.2 Å². The van der Waals surface area contributed by atoms with Gasteiger partial charge in [-0.15, -0.1) is 0 Å². The van der Waals surface area contributed by atoms with Crippen LogP contribution in [0.25, 0.3) is 0 Å². The summed E-state index contributed by atoms with van der Waals surface area (Å²) in [5.41, 5.74) is 5.81. The first-order valence-corrected chi connectivity index (χ1v) is 8.73. The molecular weight excluding hydrogens is 291 g/mol. The van der Waals surface area contributed by atoms with Crippen LogP contribution in [0.2, 0.25) is 0 Å². The van der Waals surface area contributed by atoms with Crippen molar-refractivity contribution in [2.45, 2.75) is 58.7 Å². The van der Waals surface area contributed by atoms with E-state index in [0.717, 1.165) is 12.1 Å². The average Bonchev–Trinajstić information content (AvgIpc) is 2.51. The molecule has 2 heteroatoms. The number of benzene rings is 2. The second-order valence-corrected chi connectivity index (χ2v) is 8.52. The van der Waals surface area contributed by atoms with Crippen molar-refractivity contribution in [3.63, 3.8) is 0 Å². The average molecular weight is 321 g/mol. The Morgan fingerprint density at radius 2 is 1.29 bits per heavy atom. The fraction of sp³-hybridized carbons (Fsp3) is 0.455. The van der Waals surface area contributed by atoms with Crippen LogP contribution in [-0.4, -0.2) is 14.4 Å². The molecule has 0 fully saturated rings. The molecular formula is C22H30BO-. The van der Waals surface area contributed by atoms with Crippen molar-refractivity contribution in [3.05, 3.63) is 59.2 Å². The summed E-state index contributed by atoms with van der Waals surface area (Å²) in [7, 11) is 4.10. The van der Waals surface area contributed by atoms with Crippen LogP contribution in [0.4, 0.5) is 0 Å². The van der Waals surface area contributed by atoms with E-state index in [1.165, 1.54) is 22.2 Å². The van der Waals surface area contributed by atoms with Crippen molar-refractivity contribution in [1.29, 1.82) is 0 Å². The van der Waals surface area contributed by atoms with Crippen LogP contribution in [0.3, 0.4) is 0 Å². The fourth-order valence-electron chi connectivity index (χ4n) is 3.07. The summed E-state index contributed by atoms with van der Waals surface area (Å²) in [6, 6.07) is 15.1. The number of hydrogen-bond acceptors (Lipinski definition) is 1. The molecule has 2 rings (SSSR count). The van der Waals surface area contributed by atoms with Gasteiger partial charge in [-0.25, -0.2) is 6.32 Å². The Kier molecular flexibility index (Phi) is 5.47. The Bertz CT molecular complexity index is 640. The molecule has 0 aromatic heterocycles. The van der Waals surface area contributed by atoms with E-state index in [1.807, 2.05) is 12.1 Å². The van der Waals surface area contributed by atoms with Crippen molar-refractivity contribution in [1.82, 2.24) is 0 Å². The van der Waals surface area contributed by atoms with E-state index in [0.29, 0.717) is 0 Å². The number of methoxy groups -OCH3 is 1. The van der Waals surface area contributed by atoms with E-state index >= 15 is 0 Å². The molecule has 0 spiro atoms. The third-order valence-electron chi connectivity index (χ3n) is 4.42. The molecule has 0 amide bonds. The predicted molar refractivity (Wildman–Crippen MR) is 106 cm³/mol. The lowest BCUT2D eigenvalue weighted by molar-refractivity contribution is 0.414. The summed E-state index contributed by atoms with van der Waals surface area (Å²) in [6.07, 6.45) is 0.931. The zero-order valence-corrected chi connectivity index (χ0v) is 16.2. The second kappa shape index (κ2) is 7.05. The molecule has 0 N–H and O–H groups in total. The van der Waals surface area contributed by atoms with Crippen molar-refractivity contribution in [2.24, 2.45) is 0 Å². The van der Waals surface area contributed by atoms with E-state index in [1.54, 1.807) is 7.11 Å². The summed E-state index contributed by atoms with van der Waals surface area (Å²) in [6.45, 7) is 13.7. The Labute approximate surface area is 148 Å². The van der Waals surface area contributed by atoms with Crippen molar-refractivity contribution >= 4 is 12.7 Å². The number of rotatable bonds is 4. The molecule has 1 nitrogen and oxygen atoms in total. The van der Waals surface area contributed by atoms with Crippen molar-refractivity contribution < 1.29 is 4.74 Å². The molecule has 24 heavy (non-hydrogen) atoms. The summed E-state index contributed by atoms with van der Waals surface area (Å²) in [4.78, 5) is 0. The zero-order chi connectivity index (χ0) is 18.0. The monoisotopic (exact) mass is 321 g/mol. The van der Waals surface area contributed by atoms with Crippen LogP contribution < -0.4 is 10.2 Å². The van der Waals surface area contributed by atoms with Gasteiger partial charge in [-0.05, 0) is 23.0 Å². The molecule has 128 valence electrons. The zero-order valence-electron chi connectivity index (χ0n) is 16.2. The largest absolute Gasteiger partial charge is 0.497 e. The molecule has 0 aliphatic rings. The van der Waals surface area contributed by atoms with Gasteiger partial charge < -0.3 is 4.74 Å². The SMILES string of the molecule is COc1ccc(C[B-]c2c(C(C)(C)C)cccc2C(C)(C)C)cc1. The van der Waals surface area contributed by atoms with Gasteiger partial charge in [0.05, 0.1) is 7.11 Å². The third-order valence-corrected chi connectivity index (χ3v) is 4.42. The van der Waals surface area contributed by atoms with E-state index in [4.69, 9.17) is 4.74 Å². The summed E-state index contributed by atoms with van der Waals surface area (Å²) in [5, 5.41) is 0. The lowest BCUT2D eigenvalue weighted by Crippen LogP contribution is -2.35. The predicted octanol–water partition coefficient (Wildman–Crippen LogP) is 4.82. The van der Waals surface area contributed by atoms with Crippen LogP contribution >= 0.6 is 0 Å².